The lowest BCUT2D eigenvalue weighted by molar-refractivity contribution is 0.435. The Morgan fingerprint density at radius 1 is 0.571 bits per heavy atom. The Bertz CT molecular complexity index is 498. The van der Waals surface area contributed by atoms with Crippen molar-refractivity contribution in [2.75, 3.05) is 0 Å². The molecule has 1 rings (SSSR count). The first-order chi connectivity index (χ1) is 13.2. The largest absolute Gasteiger partial charge is 0.0628 e. The second-order valence-electron chi connectivity index (χ2n) is 9.97. The fourth-order valence-electron chi connectivity index (χ4n) is 3.85. The van der Waals surface area contributed by atoms with Crippen LogP contribution in [0.25, 0.3) is 0 Å². The average Bonchev–Trinajstić information content (AvgIpc) is 2.60. The summed E-state index contributed by atoms with van der Waals surface area (Å²) in [7, 11) is 0. The van der Waals surface area contributed by atoms with Crippen LogP contribution in [0.5, 0.6) is 0 Å². The van der Waals surface area contributed by atoms with Crippen LogP contribution in [0.2, 0.25) is 0 Å². The van der Waals surface area contributed by atoms with E-state index in [0.29, 0.717) is 0 Å². The molecule has 0 fully saturated rings. The van der Waals surface area contributed by atoms with Gasteiger partial charge in [-0.2, -0.15) is 0 Å². The van der Waals surface area contributed by atoms with Crippen molar-refractivity contribution in [3.8, 4) is 0 Å². The van der Waals surface area contributed by atoms with Gasteiger partial charge in [0.05, 0.1) is 0 Å². The van der Waals surface area contributed by atoms with Crippen molar-refractivity contribution >= 4 is 31.9 Å². The molecule has 0 spiro atoms. The molecule has 0 aliphatic rings. The molecule has 2 atom stereocenters. The highest BCUT2D eigenvalue weighted by Gasteiger charge is 2.11. The fraction of sp³-hybridized carbons (Fsp3) is 0.769. The summed E-state index contributed by atoms with van der Waals surface area (Å²) >= 11 is 7.69. The summed E-state index contributed by atoms with van der Waals surface area (Å²) in [5.74, 6) is 3.30. The Labute approximate surface area is 192 Å². The van der Waals surface area contributed by atoms with Crippen LogP contribution in [0.15, 0.2) is 21.1 Å². The second kappa shape index (κ2) is 14.2. The summed E-state index contributed by atoms with van der Waals surface area (Å²) < 4.78 is 2.60. The van der Waals surface area contributed by atoms with Gasteiger partial charge in [-0.25, -0.2) is 0 Å². The zero-order valence-electron chi connectivity index (χ0n) is 19.3. The zero-order valence-corrected chi connectivity index (χ0v) is 22.5. The van der Waals surface area contributed by atoms with Crippen LogP contribution < -0.4 is 0 Å². The summed E-state index contributed by atoms with van der Waals surface area (Å²) in [6.07, 6.45) is 13.1. The van der Waals surface area contributed by atoms with Gasteiger partial charge in [-0.3, -0.25) is 0 Å². The molecule has 1 aromatic carbocycles. The zero-order chi connectivity index (χ0) is 21.1. The van der Waals surface area contributed by atoms with Crippen LogP contribution in [-0.2, 0) is 12.8 Å². The molecule has 0 N–H and O–H groups in total. The Balaban J connectivity index is 2.46. The second-order valence-corrected chi connectivity index (χ2v) is 11.7. The standard InChI is InChI=1S/C26H44Br2/c1-19(2)9-7-11-21(5)13-15-23-17-26(28)24(18-25(23)27)16-14-22(6)12-8-10-20(3)4/h17-22H,7-16H2,1-6H3/t21-,22-/m0/s1. The van der Waals surface area contributed by atoms with Crippen molar-refractivity contribution in [2.24, 2.45) is 23.7 Å². The van der Waals surface area contributed by atoms with E-state index in [1.54, 1.807) is 0 Å². The molecule has 0 aliphatic heterocycles. The summed E-state index contributed by atoms with van der Waals surface area (Å²) in [6, 6.07) is 4.73. The summed E-state index contributed by atoms with van der Waals surface area (Å²) in [5.41, 5.74) is 2.91. The van der Waals surface area contributed by atoms with Crippen LogP contribution in [-0.4, -0.2) is 0 Å². The molecular formula is C26H44Br2. The molecule has 0 radical (unpaired) electrons. The molecule has 0 nitrogen and oxygen atoms in total. The van der Waals surface area contributed by atoms with Gasteiger partial charge in [0.15, 0.2) is 0 Å². The van der Waals surface area contributed by atoms with E-state index in [0.717, 1.165) is 23.7 Å². The summed E-state index contributed by atoms with van der Waals surface area (Å²) in [5, 5.41) is 0. The van der Waals surface area contributed by atoms with Gasteiger partial charge in [0.2, 0.25) is 0 Å². The maximum absolute atomic E-state index is 3.85. The number of halogens is 2. The monoisotopic (exact) mass is 514 g/mol. The minimum Gasteiger partial charge on any atom is -0.0628 e. The third-order valence-corrected chi connectivity index (χ3v) is 7.46. The van der Waals surface area contributed by atoms with E-state index in [4.69, 9.17) is 0 Å². The topological polar surface area (TPSA) is 0 Å². The lowest BCUT2D eigenvalue weighted by atomic mass is 9.92. The molecule has 0 aliphatic carbocycles. The Kier molecular flexibility index (Phi) is 13.3. The Morgan fingerprint density at radius 3 is 1.25 bits per heavy atom. The minimum atomic E-state index is 0.816. The highest BCUT2D eigenvalue weighted by Crippen LogP contribution is 2.30. The van der Waals surface area contributed by atoms with E-state index >= 15 is 0 Å². The molecule has 0 bridgehead atoms. The average molecular weight is 516 g/mol. The summed E-state index contributed by atoms with van der Waals surface area (Å²) in [4.78, 5) is 0. The highest BCUT2D eigenvalue weighted by molar-refractivity contribution is 9.11. The first kappa shape index (κ1) is 26.2. The molecule has 1 aromatic rings. The highest BCUT2D eigenvalue weighted by atomic mass is 79.9. The third-order valence-electron chi connectivity index (χ3n) is 5.99. The summed E-state index contributed by atoms with van der Waals surface area (Å²) in [6.45, 7) is 14.1. The van der Waals surface area contributed by atoms with E-state index in [2.05, 4.69) is 85.5 Å². The van der Waals surface area contributed by atoms with Gasteiger partial charge in [-0.1, -0.05) is 112 Å². The van der Waals surface area contributed by atoms with Crippen molar-refractivity contribution in [1.29, 1.82) is 0 Å². The van der Waals surface area contributed by atoms with Crippen molar-refractivity contribution < 1.29 is 0 Å². The van der Waals surface area contributed by atoms with Gasteiger partial charge in [-0.05, 0) is 72.6 Å². The van der Waals surface area contributed by atoms with Gasteiger partial charge in [0, 0.05) is 8.95 Å². The predicted molar refractivity (Wildman–Crippen MR) is 134 cm³/mol. The Hall–Kier alpha value is 0.180. The van der Waals surface area contributed by atoms with Crippen LogP contribution in [0.1, 0.15) is 104 Å². The smallest absolute Gasteiger partial charge is 0.0210 e. The first-order valence-electron chi connectivity index (χ1n) is 11.7. The van der Waals surface area contributed by atoms with E-state index < -0.39 is 0 Å². The number of rotatable bonds is 14. The molecule has 0 saturated carbocycles. The van der Waals surface area contributed by atoms with Crippen molar-refractivity contribution in [2.45, 2.75) is 106 Å². The number of benzene rings is 1. The quantitative estimate of drug-likeness (QED) is 0.231. The minimum absolute atomic E-state index is 0.816. The van der Waals surface area contributed by atoms with Crippen molar-refractivity contribution in [1.82, 2.24) is 0 Å². The molecule has 0 amide bonds. The lowest BCUT2D eigenvalue weighted by Crippen LogP contribution is -2.02. The van der Waals surface area contributed by atoms with E-state index in [1.165, 1.54) is 84.3 Å². The van der Waals surface area contributed by atoms with Crippen molar-refractivity contribution in [3.63, 3.8) is 0 Å². The molecule has 0 unspecified atom stereocenters. The molecule has 162 valence electrons. The number of hydrogen-bond donors (Lipinski definition) is 0. The molecule has 0 heterocycles. The lowest BCUT2D eigenvalue weighted by Gasteiger charge is -2.16. The van der Waals surface area contributed by atoms with Gasteiger partial charge in [-0.15, -0.1) is 0 Å². The van der Waals surface area contributed by atoms with E-state index in [-0.39, 0.29) is 0 Å². The van der Waals surface area contributed by atoms with Gasteiger partial charge in [0.25, 0.3) is 0 Å². The molecule has 0 aromatic heterocycles. The normalized spacial score (nSPS) is 14.1. The van der Waals surface area contributed by atoms with Crippen LogP contribution >= 0.6 is 31.9 Å². The maximum Gasteiger partial charge on any atom is 0.0210 e. The SMILES string of the molecule is CC(C)CCC[C@H](C)CCc1cc(Br)c(CC[C@@H](C)CCCC(C)C)cc1Br. The number of hydrogen-bond acceptors (Lipinski definition) is 0. The fourth-order valence-corrected chi connectivity index (χ4v) is 5.03. The van der Waals surface area contributed by atoms with Crippen LogP contribution in [0.3, 0.4) is 0 Å². The van der Waals surface area contributed by atoms with Crippen LogP contribution in [0, 0.1) is 23.7 Å². The predicted octanol–water partition coefficient (Wildman–Crippen LogP) is 10.0. The first-order valence-corrected chi connectivity index (χ1v) is 13.2. The third kappa shape index (κ3) is 11.4. The van der Waals surface area contributed by atoms with Crippen LogP contribution in [0.4, 0.5) is 0 Å². The molecule has 0 saturated heterocycles. The molecular weight excluding hydrogens is 472 g/mol. The van der Waals surface area contributed by atoms with Gasteiger partial charge in [0.1, 0.15) is 0 Å². The van der Waals surface area contributed by atoms with E-state index in [9.17, 15) is 0 Å². The van der Waals surface area contributed by atoms with Gasteiger partial charge < -0.3 is 0 Å². The molecule has 28 heavy (non-hydrogen) atoms. The maximum atomic E-state index is 3.85. The number of aryl methyl sites for hydroxylation is 2. The van der Waals surface area contributed by atoms with E-state index in [1.807, 2.05) is 0 Å². The Morgan fingerprint density at radius 2 is 0.929 bits per heavy atom. The molecule has 2 heteroatoms. The van der Waals surface area contributed by atoms with Crippen molar-refractivity contribution in [3.05, 3.63) is 32.2 Å². The van der Waals surface area contributed by atoms with Gasteiger partial charge >= 0.3 is 0 Å².